The summed E-state index contributed by atoms with van der Waals surface area (Å²) >= 11 is 0. The Morgan fingerprint density at radius 2 is 1.65 bits per heavy atom. The van der Waals surface area contributed by atoms with Gasteiger partial charge in [0.25, 0.3) is 0 Å². The van der Waals surface area contributed by atoms with Crippen molar-refractivity contribution in [3.8, 4) is 0 Å². The van der Waals surface area contributed by atoms with Gasteiger partial charge in [0, 0.05) is 25.0 Å². The molecule has 0 bridgehead atoms. The van der Waals surface area contributed by atoms with Crippen LogP contribution in [0.15, 0.2) is 0 Å². The summed E-state index contributed by atoms with van der Waals surface area (Å²) in [5.41, 5.74) is 0.308. The van der Waals surface area contributed by atoms with Crippen molar-refractivity contribution in [3.05, 3.63) is 0 Å². The zero-order chi connectivity index (χ0) is 12.0. The number of amides is 1. The van der Waals surface area contributed by atoms with Gasteiger partial charge in [-0.15, -0.1) is 12.4 Å². The Morgan fingerprint density at radius 1 is 1.12 bits per heavy atom. The smallest absolute Gasteiger partial charge is 0.224 e. The van der Waals surface area contributed by atoms with E-state index in [4.69, 9.17) is 0 Å². The lowest BCUT2D eigenvalue weighted by Gasteiger charge is -2.06. The summed E-state index contributed by atoms with van der Waals surface area (Å²) in [5, 5.41) is 6.44. The van der Waals surface area contributed by atoms with E-state index in [0.29, 0.717) is 0 Å². The highest BCUT2D eigenvalue weighted by Gasteiger charge is 2.68. The molecule has 2 rings (SSSR count). The summed E-state index contributed by atoms with van der Waals surface area (Å²) in [6.45, 7) is 10.4. The Hall–Kier alpha value is -0.280. The number of halogens is 1. The zero-order valence-corrected chi connectivity index (χ0v) is 12.1. The summed E-state index contributed by atoms with van der Waals surface area (Å²) in [6.07, 6.45) is 2.60. The average Bonchev–Trinajstić information content (AvgIpc) is 3.01. The average molecular weight is 261 g/mol. The number of nitrogens with one attached hydrogen (secondary N) is 2. The second-order valence-corrected chi connectivity index (χ2v) is 6.40. The second kappa shape index (κ2) is 4.77. The topological polar surface area (TPSA) is 41.1 Å². The number of rotatable bonds is 5. The van der Waals surface area contributed by atoms with Crippen LogP contribution in [-0.4, -0.2) is 25.0 Å². The minimum absolute atomic E-state index is 0. The molecule has 0 aromatic heterocycles. The van der Waals surface area contributed by atoms with Crippen molar-refractivity contribution < 1.29 is 4.79 Å². The molecular formula is C13H25ClN2O. The van der Waals surface area contributed by atoms with Crippen LogP contribution in [0.25, 0.3) is 0 Å². The van der Waals surface area contributed by atoms with Gasteiger partial charge in [-0.25, -0.2) is 0 Å². The van der Waals surface area contributed by atoms with E-state index in [1.807, 2.05) is 0 Å². The molecule has 0 aromatic carbocycles. The molecule has 0 unspecified atom stereocenters. The van der Waals surface area contributed by atoms with Crippen molar-refractivity contribution >= 4 is 18.3 Å². The van der Waals surface area contributed by atoms with Gasteiger partial charge in [0.15, 0.2) is 0 Å². The van der Waals surface area contributed by atoms with Crippen molar-refractivity contribution in [2.75, 3.05) is 13.1 Å². The van der Waals surface area contributed by atoms with Crippen LogP contribution in [0.1, 0.15) is 40.5 Å². The van der Waals surface area contributed by atoms with Crippen molar-refractivity contribution in [1.29, 1.82) is 0 Å². The SMILES string of the molecule is CC1(C)C(C(=O)NCCNC2CC2)C1(C)C.Cl. The second-order valence-electron chi connectivity index (χ2n) is 6.40. The third kappa shape index (κ3) is 2.76. The molecule has 0 aliphatic heterocycles. The Labute approximate surface area is 111 Å². The van der Waals surface area contributed by atoms with Crippen LogP contribution < -0.4 is 10.6 Å². The van der Waals surface area contributed by atoms with Crippen LogP contribution in [0, 0.1) is 16.7 Å². The van der Waals surface area contributed by atoms with E-state index in [2.05, 4.69) is 38.3 Å². The maximum absolute atomic E-state index is 12.0. The van der Waals surface area contributed by atoms with Gasteiger partial charge in [0.2, 0.25) is 5.91 Å². The van der Waals surface area contributed by atoms with Crippen molar-refractivity contribution in [2.24, 2.45) is 16.7 Å². The number of hydrogen-bond acceptors (Lipinski definition) is 2. The number of carbonyl (C=O) groups is 1. The van der Waals surface area contributed by atoms with E-state index < -0.39 is 0 Å². The van der Waals surface area contributed by atoms with Gasteiger partial charge in [-0.1, -0.05) is 27.7 Å². The molecule has 0 atom stereocenters. The molecule has 0 saturated heterocycles. The van der Waals surface area contributed by atoms with Gasteiger partial charge in [-0.05, 0) is 23.7 Å². The quantitative estimate of drug-likeness (QED) is 0.742. The van der Waals surface area contributed by atoms with Crippen molar-refractivity contribution in [2.45, 2.75) is 46.6 Å². The first-order chi connectivity index (χ1) is 7.37. The molecule has 4 heteroatoms. The Morgan fingerprint density at radius 3 is 2.06 bits per heavy atom. The summed E-state index contributed by atoms with van der Waals surface area (Å²) < 4.78 is 0. The summed E-state index contributed by atoms with van der Waals surface area (Å²) in [7, 11) is 0. The normalized spacial score (nSPS) is 24.9. The molecule has 17 heavy (non-hydrogen) atoms. The van der Waals surface area contributed by atoms with E-state index in [1.54, 1.807) is 0 Å². The fourth-order valence-electron chi connectivity index (χ4n) is 2.70. The molecule has 3 nitrogen and oxygen atoms in total. The third-order valence-corrected chi connectivity index (χ3v) is 4.72. The molecule has 1 amide bonds. The van der Waals surface area contributed by atoms with Crippen LogP contribution in [-0.2, 0) is 4.79 Å². The van der Waals surface area contributed by atoms with Crippen molar-refractivity contribution in [3.63, 3.8) is 0 Å². The first-order valence-corrected chi connectivity index (χ1v) is 6.38. The molecule has 2 fully saturated rings. The molecule has 0 spiro atoms. The Balaban J connectivity index is 0.00000144. The predicted octanol–water partition coefficient (Wildman–Crippen LogP) is 1.96. The van der Waals surface area contributed by atoms with Crippen molar-refractivity contribution in [1.82, 2.24) is 10.6 Å². The minimum atomic E-state index is 0. The molecule has 0 aromatic rings. The molecule has 2 aliphatic rings. The third-order valence-electron chi connectivity index (χ3n) is 4.72. The van der Waals surface area contributed by atoms with Crippen LogP contribution in [0.3, 0.4) is 0 Å². The molecule has 0 radical (unpaired) electrons. The lowest BCUT2D eigenvalue weighted by molar-refractivity contribution is -0.123. The first-order valence-electron chi connectivity index (χ1n) is 6.38. The molecular weight excluding hydrogens is 236 g/mol. The predicted molar refractivity (Wildman–Crippen MR) is 72.3 cm³/mol. The fraction of sp³-hybridized carbons (Fsp3) is 0.923. The van der Waals surface area contributed by atoms with Crippen LogP contribution in [0.4, 0.5) is 0 Å². The van der Waals surface area contributed by atoms with E-state index in [-0.39, 0.29) is 35.1 Å². The molecule has 0 heterocycles. The lowest BCUT2D eigenvalue weighted by Crippen LogP contribution is -2.34. The van der Waals surface area contributed by atoms with Gasteiger partial charge >= 0.3 is 0 Å². The summed E-state index contributed by atoms with van der Waals surface area (Å²) in [4.78, 5) is 12.0. The molecule has 2 N–H and O–H groups in total. The molecule has 2 aliphatic carbocycles. The van der Waals surface area contributed by atoms with E-state index in [1.165, 1.54) is 12.8 Å². The number of carbonyl (C=O) groups excluding carboxylic acids is 1. The Bertz CT molecular complexity index is 284. The maximum Gasteiger partial charge on any atom is 0.224 e. The summed E-state index contributed by atoms with van der Waals surface area (Å²) in [6, 6.07) is 0.728. The van der Waals surface area contributed by atoms with Crippen LogP contribution in [0.2, 0.25) is 0 Å². The molecule has 2 saturated carbocycles. The summed E-state index contributed by atoms with van der Waals surface area (Å²) in [5.74, 6) is 0.411. The van der Waals surface area contributed by atoms with E-state index >= 15 is 0 Å². The largest absolute Gasteiger partial charge is 0.355 e. The van der Waals surface area contributed by atoms with E-state index in [0.717, 1.165) is 19.1 Å². The van der Waals surface area contributed by atoms with Gasteiger partial charge in [0.1, 0.15) is 0 Å². The van der Waals surface area contributed by atoms with Gasteiger partial charge in [0.05, 0.1) is 0 Å². The zero-order valence-electron chi connectivity index (χ0n) is 11.3. The first kappa shape index (κ1) is 14.8. The highest BCUT2D eigenvalue weighted by atomic mass is 35.5. The number of hydrogen-bond donors (Lipinski definition) is 2. The fourth-order valence-corrected chi connectivity index (χ4v) is 2.70. The maximum atomic E-state index is 12.0. The monoisotopic (exact) mass is 260 g/mol. The highest BCUT2D eigenvalue weighted by molar-refractivity contribution is 5.85. The molecule has 100 valence electrons. The Kier molecular flexibility index (Phi) is 4.15. The van der Waals surface area contributed by atoms with Gasteiger partial charge in [-0.3, -0.25) is 4.79 Å². The standard InChI is InChI=1S/C13H24N2O.ClH/c1-12(2)10(13(12,3)4)11(16)15-8-7-14-9-5-6-9;/h9-10,14H,5-8H2,1-4H3,(H,15,16);1H. The van der Waals surface area contributed by atoms with E-state index in [9.17, 15) is 4.79 Å². The lowest BCUT2D eigenvalue weighted by atomic mass is 10.0. The minimum Gasteiger partial charge on any atom is -0.355 e. The van der Waals surface area contributed by atoms with Crippen LogP contribution >= 0.6 is 12.4 Å². The van der Waals surface area contributed by atoms with Crippen LogP contribution in [0.5, 0.6) is 0 Å². The van der Waals surface area contributed by atoms with Gasteiger partial charge in [-0.2, -0.15) is 0 Å². The highest BCUT2D eigenvalue weighted by Crippen LogP contribution is 2.68. The van der Waals surface area contributed by atoms with Gasteiger partial charge < -0.3 is 10.6 Å².